The van der Waals surface area contributed by atoms with E-state index >= 15 is 0 Å². The first-order chi connectivity index (χ1) is 19.5. The number of carboxylic acids is 1. The van der Waals surface area contributed by atoms with Crippen LogP contribution < -0.4 is 19.1 Å². The molecule has 41 heavy (non-hydrogen) atoms. The Kier molecular flexibility index (Phi) is 9.36. The highest BCUT2D eigenvalue weighted by Gasteiger charge is 2.17. The molecule has 8 nitrogen and oxygen atoms in total. The number of sulfonamides is 1. The summed E-state index contributed by atoms with van der Waals surface area (Å²) in [6.07, 6.45) is 1.10. The van der Waals surface area contributed by atoms with Crippen LogP contribution in [0, 0.1) is 12.7 Å². The van der Waals surface area contributed by atoms with E-state index in [1.54, 1.807) is 54.6 Å². The fraction of sp³-hybridized carbons (Fsp3) is 0.167. The van der Waals surface area contributed by atoms with Crippen LogP contribution in [0.25, 0.3) is 0 Å². The van der Waals surface area contributed by atoms with Crippen LogP contribution in [0.15, 0.2) is 84.9 Å². The summed E-state index contributed by atoms with van der Waals surface area (Å²) in [4.78, 5) is 12.8. The lowest BCUT2D eigenvalue weighted by Gasteiger charge is -2.28. The van der Waals surface area contributed by atoms with E-state index in [1.807, 2.05) is 30.0 Å². The number of ether oxygens (including phenoxy) is 2. The second-order valence-corrected chi connectivity index (χ2v) is 11.5. The Hall–Kier alpha value is -4.28. The molecule has 0 aliphatic heterocycles. The Morgan fingerprint density at radius 2 is 1.66 bits per heavy atom. The van der Waals surface area contributed by atoms with Crippen molar-refractivity contribution in [3.8, 4) is 17.2 Å². The maximum atomic E-state index is 13.7. The Morgan fingerprint density at radius 3 is 2.34 bits per heavy atom. The zero-order valence-electron chi connectivity index (χ0n) is 22.3. The smallest absolute Gasteiger partial charge is 0.341 e. The van der Waals surface area contributed by atoms with Crippen LogP contribution in [0.1, 0.15) is 16.7 Å². The second kappa shape index (κ2) is 12.9. The molecule has 0 spiro atoms. The molecule has 4 rings (SSSR count). The van der Waals surface area contributed by atoms with Gasteiger partial charge < -0.3 is 19.5 Å². The maximum absolute atomic E-state index is 13.7. The molecular weight excluding hydrogens is 571 g/mol. The quantitative estimate of drug-likeness (QED) is 0.189. The first-order valence-electron chi connectivity index (χ1n) is 12.4. The first-order valence-corrected chi connectivity index (χ1v) is 14.7. The van der Waals surface area contributed by atoms with Gasteiger partial charge in [-0.25, -0.2) is 17.6 Å². The van der Waals surface area contributed by atoms with Crippen LogP contribution in [0.2, 0.25) is 5.02 Å². The number of halogens is 2. The number of carbonyl (C=O) groups is 1. The summed E-state index contributed by atoms with van der Waals surface area (Å²) in [7, 11) is -3.49. The van der Waals surface area contributed by atoms with Crippen LogP contribution in [-0.4, -0.2) is 32.4 Å². The molecule has 0 bridgehead atoms. The monoisotopic (exact) mass is 598 g/mol. The molecular formula is C30H28ClFN2O6S. The van der Waals surface area contributed by atoms with Crippen molar-refractivity contribution in [1.82, 2.24) is 0 Å². The van der Waals surface area contributed by atoms with Crippen molar-refractivity contribution in [3.63, 3.8) is 0 Å². The highest BCUT2D eigenvalue weighted by Crippen LogP contribution is 2.32. The van der Waals surface area contributed by atoms with E-state index in [-0.39, 0.29) is 5.02 Å². The van der Waals surface area contributed by atoms with Gasteiger partial charge in [0.05, 0.1) is 11.9 Å². The molecule has 2 N–H and O–H groups in total. The summed E-state index contributed by atoms with van der Waals surface area (Å²) in [5.41, 5.74) is 3.59. The van der Waals surface area contributed by atoms with E-state index in [4.69, 9.17) is 26.2 Å². The van der Waals surface area contributed by atoms with Gasteiger partial charge in [0, 0.05) is 29.9 Å². The van der Waals surface area contributed by atoms with Gasteiger partial charge in [0.15, 0.2) is 6.61 Å². The minimum Gasteiger partial charge on any atom is -0.482 e. The molecule has 214 valence electrons. The number of anilines is 2. The average Bonchev–Trinajstić information content (AvgIpc) is 2.90. The van der Waals surface area contributed by atoms with E-state index in [0.29, 0.717) is 41.6 Å². The van der Waals surface area contributed by atoms with Gasteiger partial charge in [-0.05, 0) is 72.1 Å². The number of rotatable bonds is 12. The predicted molar refractivity (Wildman–Crippen MR) is 157 cm³/mol. The summed E-state index contributed by atoms with van der Waals surface area (Å²) in [5.74, 6) is -0.0851. The van der Waals surface area contributed by atoms with Crippen LogP contribution >= 0.6 is 11.6 Å². The fourth-order valence-electron chi connectivity index (χ4n) is 4.15. The van der Waals surface area contributed by atoms with Crippen molar-refractivity contribution in [2.45, 2.75) is 20.0 Å². The molecule has 0 aliphatic rings. The lowest BCUT2D eigenvalue weighted by molar-refractivity contribution is -0.139. The van der Waals surface area contributed by atoms with Crippen molar-refractivity contribution in [1.29, 1.82) is 0 Å². The van der Waals surface area contributed by atoms with Crippen molar-refractivity contribution < 1.29 is 32.2 Å². The van der Waals surface area contributed by atoms with Crippen LogP contribution in [0.3, 0.4) is 0 Å². The Bertz CT molecular complexity index is 1650. The van der Waals surface area contributed by atoms with Crippen molar-refractivity contribution in [2.75, 3.05) is 22.5 Å². The molecule has 4 aromatic carbocycles. The number of hydrogen-bond acceptors (Lipinski definition) is 6. The Labute approximate surface area is 243 Å². The Balaban J connectivity index is 1.58. The summed E-state index contributed by atoms with van der Waals surface area (Å²) >= 11 is 6.35. The molecule has 0 saturated carbocycles. The topological polar surface area (TPSA) is 105 Å². The molecule has 4 aromatic rings. The largest absolute Gasteiger partial charge is 0.482 e. The van der Waals surface area contributed by atoms with Gasteiger partial charge in [0.25, 0.3) is 0 Å². The lowest BCUT2D eigenvalue weighted by Crippen LogP contribution is -2.24. The Morgan fingerprint density at radius 1 is 0.951 bits per heavy atom. The van der Waals surface area contributed by atoms with E-state index in [1.165, 1.54) is 12.1 Å². The van der Waals surface area contributed by atoms with Gasteiger partial charge in [0.1, 0.15) is 23.1 Å². The van der Waals surface area contributed by atoms with Crippen LogP contribution in [0.5, 0.6) is 17.2 Å². The van der Waals surface area contributed by atoms with Crippen LogP contribution in [0.4, 0.5) is 15.8 Å². The summed E-state index contributed by atoms with van der Waals surface area (Å²) < 4.78 is 51.2. The van der Waals surface area contributed by atoms with Gasteiger partial charge in [-0.2, -0.15) is 0 Å². The molecule has 0 unspecified atom stereocenters. The van der Waals surface area contributed by atoms with Gasteiger partial charge in [0.2, 0.25) is 10.0 Å². The van der Waals surface area contributed by atoms with E-state index < -0.39 is 28.4 Å². The van der Waals surface area contributed by atoms with Gasteiger partial charge in [-0.3, -0.25) is 4.72 Å². The molecule has 0 aromatic heterocycles. The maximum Gasteiger partial charge on any atom is 0.341 e. The standard InChI is InChI=1S/C30H28ClFN2O6S/c1-20-28(33-41(2,37)38)7-4-8-29(20)34(18-22-11-12-23(32)15-27(22)31)17-21-9-13-24(14-10-21)40-26-6-3-5-25(16-26)39-19-30(35)36/h3-16,33H,17-19H2,1-2H3,(H,35,36). The molecule has 0 aliphatic carbocycles. The SMILES string of the molecule is Cc1c(NS(C)(=O)=O)cccc1N(Cc1ccc(Oc2cccc(OCC(=O)O)c2)cc1)Cc1ccc(F)cc1Cl. The molecule has 0 heterocycles. The molecule has 0 amide bonds. The highest BCUT2D eigenvalue weighted by molar-refractivity contribution is 7.92. The summed E-state index contributed by atoms with van der Waals surface area (Å²) in [5, 5.41) is 9.10. The summed E-state index contributed by atoms with van der Waals surface area (Å²) in [6.45, 7) is 2.14. The molecule has 0 atom stereocenters. The number of aliphatic carboxylic acids is 1. The molecule has 0 fully saturated rings. The number of nitrogens with one attached hydrogen (secondary N) is 1. The molecule has 0 saturated heterocycles. The summed E-state index contributed by atoms with van der Waals surface area (Å²) in [6, 6.07) is 23.7. The fourth-order valence-corrected chi connectivity index (χ4v) is 5.00. The van der Waals surface area contributed by atoms with Crippen molar-refractivity contribution in [3.05, 3.63) is 112 Å². The zero-order chi connectivity index (χ0) is 29.6. The van der Waals surface area contributed by atoms with E-state index in [0.717, 1.165) is 23.1 Å². The zero-order valence-corrected chi connectivity index (χ0v) is 23.9. The van der Waals surface area contributed by atoms with Crippen molar-refractivity contribution >= 4 is 39.0 Å². The third-order valence-corrected chi connectivity index (χ3v) is 6.96. The number of carboxylic acid groups (broad SMARTS) is 1. The van der Waals surface area contributed by atoms with Crippen LogP contribution in [-0.2, 0) is 27.9 Å². The van der Waals surface area contributed by atoms with E-state index in [9.17, 15) is 17.6 Å². The second-order valence-electron chi connectivity index (χ2n) is 9.32. The lowest BCUT2D eigenvalue weighted by atomic mass is 10.1. The van der Waals surface area contributed by atoms with Gasteiger partial charge >= 0.3 is 5.97 Å². The van der Waals surface area contributed by atoms with E-state index in [2.05, 4.69) is 4.72 Å². The highest BCUT2D eigenvalue weighted by atomic mass is 35.5. The third-order valence-electron chi connectivity index (χ3n) is 6.02. The molecule has 0 radical (unpaired) electrons. The number of nitrogens with zero attached hydrogens (tertiary/aromatic N) is 1. The van der Waals surface area contributed by atoms with Gasteiger partial charge in [-0.1, -0.05) is 41.9 Å². The minimum absolute atomic E-state index is 0.288. The van der Waals surface area contributed by atoms with Crippen molar-refractivity contribution in [2.24, 2.45) is 0 Å². The first kappa shape index (κ1) is 29.7. The predicted octanol–water partition coefficient (Wildman–Crippen LogP) is 6.62. The average molecular weight is 599 g/mol. The number of benzene rings is 4. The number of hydrogen-bond donors (Lipinski definition) is 2. The minimum atomic E-state index is -3.49. The third kappa shape index (κ3) is 8.60. The van der Waals surface area contributed by atoms with Gasteiger partial charge in [-0.15, -0.1) is 0 Å². The normalized spacial score (nSPS) is 11.1. The molecule has 11 heteroatoms.